The highest BCUT2D eigenvalue weighted by atomic mass is 16.5. The summed E-state index contributed by atoms with van der Waals surface area (Å²) in [6, 6.07) is 13.6. The lowest BCUT2D eigenvalue weighted by Crippen LogP contribution is -2.39. The zero-order chi connectivity index (χ0) is 17.5. The van der Waals surface area contributed by atoms with Gasteiger partial charge in [-0.2, -0.15) is 0 Å². The number of hydrogen-bond acceptors (Lipinski definition) is 4. The van der Waals surface area contributed by atoms with Crippen LogP contribution in [-0.4, -0.2) is 42.4 Å². The number of nitrogens with one attached hydrogen (secondary N) is 1. The van der Waals surface area contributed by atoms with E-state index in [0.717, 1.165) is 11.1 Å². The molecule has 0 aliphatic carbocycles. The number of rotatable bonds is 6. The maximum absolute atomic E-state index is 12.2. The molecule has 0 radical (unpaired) electrons. The number of carbonyl (C=O) groups excluding carboxylic acids is 2. The Bertz CT molecular complexity index is 733. The molecule has 126 valence electrons. The third-order valence-corrected chi connectivity index (χ3v) is 3.41. The van der Waals surface area contributed by atoms with Gasteiger partial charge in [0, 0.05) is 17.7 Å². The van der Waals surface area contributed by atoms with Crippen molar-refractivity contribution in [3.63, 3.8) is 0 Å². The third kappa shape index (κ3) is 4.23. The van der Waals surface area contributed by atoms with Crippen molar-refractivity contribution in [3.05, 3.63) is 54.1 Å². The second kappa shape index (κ2) is 7.98. The highest BCUT2D eigenvalue weighted by Gasteiger charge is 2.10. The predicted octanol–water partition coefficient (Wildman–Crippen LogP) is 1.86. The summed E-state index contributed by atoms with van der Waals surface area (Å²) in [6.45, 7) is -0.00949. The van der Waals surface area contributed by atoms with E-state index < -0.39 is 6.03 Å². The molecule has 0 fully saturated rings. The molecule has 24 heavy (non-hydrogen) atoms. The lowest BCUT2D eigenvalue weighted by atomic mass is 10.0. The van der Waals surface area contributed by atoms with Crippen molar-refractivity contribution in [3.8, 4) is 16.9 Å². The zero-order valence-corrected chi connectivity index (χ0v) is 13.2. The average molecular weight is 329 g/mol. The second-order valence-electron chi connectivity index (χ2n) is 5.00. The Labute approximate surface area is 139 Å². The minimum atomic E-state index is -0.970. The van der Waals surface area contributed by atoms with Crippen molar-refractivity contribution in [2.24, 2.45) is 5.73 Å². The number of urea groups is 1. The van der Waals surface area contributed by atoms with Gasteiger partial charge in [-0.15, -0.1) is 0 Å². The van der Waals surface area contributed by atoms with Crippen LogP contribution in [0.3, 0.4) is 0 Å². The molecule has 0 atom stereocenters. The summed E-state index contributed by atoms with van der Waals surface area (Å²) in [5.41, 5.74) is 7.08. The van der Waals surface area contributed by atoms with Crippen molar-refractivity contribution in [2.75, 3.05) is 20.2 Å². The largest absolute Gasteiger partial charge is 0.496 e. The Balaban J connectivity index is 2.10. The highest BCUT2D eigenvalue weighted by molar-refractivity contribution is 5.95. The molecule has 3 amide bonds. The molecule has 0 aliphatic heterocycles. The monoisotopic (exact) mass is 329 g/mol. The van der Waals surface area contributed by atoms with E-state index in [-0.39, 0.29) is 19.0 Å². The van der Waals surface area contributed by atoms with E-state index >= 15 is 0 Å². The van der Waals surface area contributed by atoms with E-state index in [0.29, 0.717) is 16.4 Å². The fraction of sp³-hybridized carbons (Fsp3) is 0.176. The predicted molar refractivity (Wildman–Crippen MR) is 88.8 cm³/mol. The van der Waals surface area contributed by atoms with Gasteiger partial charge in [0.2, 0.25) is 0 Å². The summed E-state index contributed by atoms with van der Waals surface area (Å²) < 4.78 is 5.34. The van der Waals surface area contributed by atoms with Crippen molar-refractivity contribution in [1.29, 1.82) is 0 Å². The normalized spacial score (nSPS) is 10.1. The fourth-order valence-electron chi connectivity index (χ4n) is 2.20. The summed E-state index contributed by atoms with van der Waals surface area (Å²) in [5.74, 6) is 0.400. The van der Waals surface area contributed by atoms with E-state index in [9.17, 15) is 9.59 Å². The van der Waals surface area contributed by atoms with Crippen molar-refractivity contribution in [1.82, 2.24) is 10.4 Å². The lowest BCUT2D eigenvalue weighted by Gasteiger charge is -2.13. The second-order valence-corrected chi connectivity index (χ2v) is 5.00. The van der Waals surface area contributed by atoms with Crippen LogP contribution in [0.5, 0.6) is 5.75 Å². The van der Waals surface area contributed by atoms with Crippen molar-refractivity contribution in [2.45, 2.75) is 0 Å². The van der Waals surface area contributed by atoms with E-state index in [2.05, 4.69) is 5.32 Å². The molecule has 2 aromatic rings. The Morgan fingerprint density at radius 3 is 2.67 bits per heavy atom. The van der Waals surface area contributed by atoms with Crippen LogP contribution in [0.4, 0.5) is 4.79 Å². The number of para-hydroxylation sites is 1. The Hall–Kier alpha value is -3.06. The molecule has 0 unspecified atom stereocenters. The number of methoxy groups -OCH3 is 1. The topological polar surface area (TPSA) is 105 Å². The smallest absolute Gasteiger partial charge is 0.338 e. The molecule has 2 rings (SSSR count). The van der Waals surface area contributed by atoms with Crippen LogP contribution in [0, 0.1) is 0 Å². The first-order chi connectivity index (χ1) is 11.5. The molecule has 0 saturated heterocycles. The number of nitrogens with zero attached hydrogens (tertiary/aromatic N) is 1. The molecule has 0 aliphatic rings. The third-order valence-electron chi connectivity index (χ3n) is 3.41. The molecule has 7 heteroatoms. The Morgan fingerprint density at radius 2 is 1.96 bits per heavy atom. The minimum Gasteiger partial charge on any atom is -0.496 e. The molecular formula is C17H19N3O4. The first-order valence-corrected chi connectivity index (χ1v) is 7.30. The molecule has 2 aromatic carbocycles. The number of hydrogen-bond donors (Lipinski definition) is 3. The van der Waals surface area contributed by atoms with Crippen molar-refractivity contribution >= 4 is 11.9 Å². The van der Waals surface area contributed by atoms with E-state index in [1.54, 1.807) is 25.3 Å². The molecule has 0 saturated carbocycles. The van der Waals surface area contributed by atoms with Gasteiger partial charge in [0.15, 0.2) is 0 Å². The Morgan fingerprint density at radius 1 is 1.21 bits per heavy atom. The SMILES string of the molecule is COc1ccccc1-c1cccc(C(=O)NCCN(O)C(N)=O)c1. The van der Waals surface area contributed by atoms with Crippen molar-refractivity contribution < 1.29 is 19.5 Å². The number of amides is 3. The van der Waals surface area contributed by atoms with Gasteiger partial charge in [0.25, 0.3) is 5.91 Å². The lowest BCUT2D eigenvalue weighted by molar-refractivity contribution is -0.0376. The molecule has 7 nitrogen and oxygen atoms in total. The zero-order valence-electron chi connectivity index (χ0n) is 13.2. The number of primary amides is 1. The molecule has 0 spiro atoms. The van der Waals surface area contributed by atoms with Crippen LogP contribution in [0.1, 0.15) is 10.4 Å². The molecule has 0 heterocycles. The first-order valence-electron chi connectivity index (χ1n) is 7.30. The molecule has 4 N–H and O–H groups in total. The van der Waals surface area contributed by atoms with E-state index in [1.807, 2.05) is 30.3 Å². The summed E-state index contributed by atoms with van der Waals surface area (Å²) >= 11 is 0. The van der Waals surface area contributed by atoms with Crippen LogP contribution in [-0.2, 0) is 0 Å². The van der Waals surface area contributed by atoms with Gasteiger partial charge >= 0.3 is 6.03 Å². The van der Waals surface area contributed by atoms with E-state index in [1.165, 1.54) is 0 Å². The van der Waals surface area contributed by atoms with Gasteiger partial charge in [-0.05, 0) is 23.8 Å². The Kier molecular flexibility index (Phi) is 5.75. The standard InChI is InChI=1S/C17H19N3O4/c1-24-15-8-3-2-7-14(15)12-5-4-6-13(11-12)16(21)19-9-10-20(23)17(18)22/h2-8,11,23H,9-10H2,1H3,(H2,18,22)(H,19,21). The highest BCUT2D eigenvalue weighted by Crippen LogP contribution is 2.29. The van der Waals surface area contributed by atoms with Gasteiger partial charge in [0.1, 0.15) is 5.75 Å². The number of nitrogens with two attached hydrogens (primary N) is 1. The molecule has 0 aromatic heterocycles. The summed E-state index contributed by atoms with van der Waals surface area (Å²) in [5, 5.41) is 12.1. The summed E-state index contributed by atoms with van der Waals surface area (Å²) in [6.07, 6.45) is 0. The quantitative estimate of drug-likeness (QED) is 0.555. The number of ether oxygens (including phenoxy) is 1. The van der Waals surface area contributed by atoms with Crippen LogP contribution in [0.25, 0.3) is 11.1 Å². The number of benzene rings is 2. The van der Waals surface area contributed by atoms with Crippen LogP contribution in [0.2, 0.25) is 0 Å². The van der Waals surface area contributed by atoms with Crippen LogP contribution < -0.4 is 15.8 Å². The molecule has 0 bridgehead atoms. The average Bonchev–Trinajstić information content (AvgIpc) is 2.61. The number of hydroxylamine groups is 2. The maximum Gasteiger partial charge on any atom is 0.338 e. The first kappa shape index (κ1) is 17.3. The fourth-order valence-corrected chi connectivity index (χ4v) is 2.20. The van der Waals surface area contributed by atoms with Crippen LogP contribution in [0.15, 0.2) is 48.5 Å². The molecular weight excluding hydrogens is 310 g/mol. The van der Waals surface area contributed by atoms with Gasteiger partial charge in [-0.3, -0.25) is 10.0 Å². The van der Waals surface area contributed by atoms with Gasteiger partial charge < -0.3 is 15.8 Å². The maximum atomic E-state index is 12.2. The van der Waals surface area contributed by atoms with Crippen LogP contribution >= 0.6 is 0 Å². The van der Waals surface area contributed by atoms with Gasteiger partial charge in [-0.25, -0.2) is 9.86 Å². The van der Waals surface area contributed by atoms with Gasteiger partial charge in [-0.1, -0.05) is 30.3 Å². The minimum absolute atomic E-state index is 0.0805. The summed E-state index contributed by atoms with van der Waals surface area (Å²) in [4.78, 5) is 22.9. The number of carbonyl (C=O) groups is 2. The van der Waals surface area contributed by atoms with E-state index in [4.69, 9.17) is 15.7 Å². The van der Waals surface area contributed by atoms with Gasteiger partial charge in [0.05, 0.1) is 13.7 Å². The summed E-state index contributed by atoms with van der Waals surface area (Å²) in [7, 11) is 1.59.